The zero-order valence-electron chi connectivity index (χ0n) is 14.4. The van der Waals surface area contributed by atoms with Crippen molar-refractivity contribution in [2.75, 3.05) is 0 Å². The van der Waals surface area contributed by atoms with Gasteiger partial charge in [0.15, 0.2) is 0 Å². The molecule has 2 heterocycles. The van der Waals surface area contributed by atoms with Gasteiger partial charge in [-0.25, -0.2) is 0 Å². The number of nitrogens with zero attached hydrogens (tertiary/aromatic N) is 3. The van der Waals surface area contributed by atoms with E-state index in [1.807, 2.05) is 18.2 Å². The fraction of sp³-hybridized carbons (Fsp3) is 0.300. The van der Waals surface area contributed by atoms with E-state index >= 15 is 0 Å². The third kappa shape index (κ3) is 3.64. The van der Waals surface area contributed by atoms with Crippen LogP contribution in [0.4, 0.5) is 0 Å². The van der Waals surface area contributed by atoms with Crippen LogP contribution >= 0.6 is 0 Å². The van der Waals surface area contributed by atoms with Crippen LogP contribution in [0.1, 0.15) is 42.3 Å². The third-order valence-electron chi connectivity index (χ3n) is 4.66. The van der Waals surface area contributed by atoms with Crippen molar-refractivity contribution in [2.24, 2.45) is 0 Å². The van der Waals surface area contributed by atoms with Crippen molar-refractivity contribution in [3.8, 4) is 11.4 Å². The molecule has 1 aromatic carbocycles. The molecule has 0 saturated carbocycles. The molecule has 4 rings (SSSR count). The minimum Gasteiger partial charge on any atom is -0.349 e. The summed E-state index contributed by atoms with van der Waals surface area (Å²) in [5.41, 5.74) is 3.37. The number of amides is 1. The second-order valence-corrected chi connectivity index (χ2v) is 6.46. The molecule has 1 aliphatic rings. The number of fused-ring (bicyclic) bond motifs is 1. The van der Waals surface area contributed by atoms with Crippen LogP contribution < -0.4 is 5.32 Å². The van der Waals surface area contributed by atoms with E-state index in [1.54, 1.807) is 12.4 Å². The maximum absolute atomic E-state index is 12.4. The van der Waals surface area contributed by atoms with Gasteiger partial charge in [0.1, 0.15) is 0 Å². The number of nitrogens with one attached hydrogen (secondary N) is 1. The van der Waals surface area contributed by atoms with Crippen LogP contribution in [0.5, 0.6) is 0 Å². The Bertz CT molecular complexity index is 892. The first-order valence-corrected chi connectivity index (χ1v) is 8.90. The van der Waals surface area contributed by atoms with Gasteiger partial charge in [0.2, 0.25) is 17.6 Å². The Hall–Kier alpha value is -3.02. The molecular weight excluding hydrogens is 328 g/mol. The molecule has 0 spiro atoms. The predicted molar refractivity (Wildman–Crippen MR) is 96.1 cm³/mol. The summed E-state index contributed by atoms with van der Waals surface area (Å²) < 4.78 is 5.25. The zero-order chi connectivity index (χ0) is 17.8. The van der Waals surface area contributed by atoms with Gasteiger partial charge < -0.3 is 9.84 Å². The predicted octanol–water partition coefficient (Wildman–Crippen LogP) is 3.26. The van der Waals surface area contributed by atoms with Crippen LogP contribution in [0.3, 0.4) is 0 Å². The molecule has 0 fully saturated rings. The molecule has 2 aromatic heterocycles. The quantitative estimate of drug-likeness (QED) is 0.765. The van der Waals surface area contributed by atoms with Gasteiger partial charge in [-0.05, 0) is 42.5 Å². The lowest BCUT2D eigenvalue weighted by atomic mass is 9.87. The van der Waals surface area contributed by atoms with Gasteiger partial charge in [0.25, 0.3) is 0 Å². The molecule has 1 aliphatic carbocycles. The smallest absolute Gasteiger partial charge is 0.227 e. The van der Waals surface area contributed by atoms with Crippen molar-refractivity contribution in [1.82, 2.24) is 20.4 Å². The zero-order valence-corrected chi connectivity index (χ0v) is 14.4. The molecule has 0 unspecified atom stereocenters. The van der Waals surface area contributed by atoms with Crippen LogP contribution in [0, 0.1) is 0 Å². The van der Waals surface area contributed by atoms with E-state index in [-0.39, 0.29) is 11.9 Å². The fourth-order valence-corrected chi connectivity index (χ4v) is 3.36. The maximum atomic E-state index is 12.4. The SMILES string of the molecule is O=C(CCc1nc(-c2cccnc2)no1)N[C@@H]1CCCc2ccccc21. The molecule has 1 amide bonds. The van der Waals surface area contributed by atoms with E-state index in [9.17, 15) is 4.79 Å². The van der Waals surface area contributed by atoms with Gasteiger partial charge in [-0.15, -0.1) is 0 Å². The minimum atomic E-state index is 0.00725. The summed E-state index contributed by atoms with van der Waals surface area (Å²) >= 11 is 0. The molecule has 0 bridgehead atoms. The number of carbonyl (C=O) groups excluding carboxylic acids is 1. The van der Waals surface area contributed by atoms with Crippen molar-refractivity contribution in [1.29, 1.82) is 0 Å². The Morgan fingerprint density at radius 1 is 1.23 bits per heavy atom. The monoisotopic (exact) mass is 348 g/mol. The molecule has 0 saturated heterocycles. The van der Waals surface area contributed by atoms with Gasteiger partial charge in [-0.3, -0.25) is 9.78 Å². The summed E-state index contributed by atoms with van der Waals surface area (Å²) in [5, 5.41) is 7.10. The Balaban J connectivity index is 1.35. The highest BCUT2D eigenvalue weighted by Gasteiger charge is 2.21. The number of hydrogen-bond acceptors (Lipinski definition) is 5. The first kappa shape index (κ1) is 16.4. The molecule has 6 nitrogen and oxygen atoms in total. The lowest BCUT2D eigenvalue weighted by molar-refractivity contribution is -0.122. The van der Waals surface area contributed by atoms with Crippen molar-refractivity contribution in [3.05, 3.63) is 65.8 Å². The second-order valence-electron chi connectivity index (χ2n) is 6.46. The van der Waals surface area contributed by atoms with Crippen molar-refractivity contribution >= 4 is 5.91 Å². The number of rotatable bonds is 5. The minimum absolute atomic E-state index is 0.00725. The van der Waals surface area contributed by atoms with Gasteiger partial charge in [-0.2, -0.15) is 4.98 Å². The van der Waals surface area contributed by atoms with Crippen LogP contribution in [0.25, 0.3) is 11.4 Å². The highest BCUT2D eigenvalue weighted by molar-refractivity contribution is 5.76. The lowest BCUT2D eigenvalue weighted by Crippen LogP contribution is -2.31. The molecule has 6 heteroatoms. The summed E-state index contributed by atoms with van der Waals surface area (Å²) in [4.78, 5) is 20.7. The lowest BCUT2D eigenvalue weighted by Gasteiger charge is -2.26. The Kier molecular flexibility index (Phi) is 4.73. The van der Waals surface area contributed by atoms with E-state index in [2.05, 4.69) is 38.6 Å². The molecule has 0 radical (unpaired) electrons. The molecule has 1 N–H and O–H groups in total. The average molecular weight is 348 g/mol. The van der Waals surface area contributed by atoms with Crippen LogP contribution in [-0.2, 0) is 17.6 Å². The molecule has 1 atom stereocenters. The fourth-order valence-electron chi connectivity index (χ4n) is 3.36. The van der Waals surface area contributed by atoms with Gasteiger partial charge >= 0.3 is 0 Å². The molecule has 26 heavy (non-hydrogen) atoms. The largest absolute Gasteiger partial charge is 0.349 e. The molecule has 0 aliphatic heterocycles. The van der Waals surface area contributed by atoms with E-state index in [0.29, 0.717) is 24.6 Å². The topological polar surface area (TPSA) is 80.9 Å². The van der Waals surface area contributed by atoms with Gasteiger partial charge in [-0.1, -0.05) is 29.4 Å². The normalized spacial score (nSPS) is 16.1. The summed E-state index contributed by atoms with van der Waals surface area (Å²) in [6, 6.07) is 12.1. The first-order chi connectivity index (χ1) is 12.8. The third-order valence-corrected chi connectivity index (χ3v) is 4.66. The number of aryl methyl sites for hydroxylation is 2. The Labute approximate surface area is 151 Å². The number of benzene rings is 1. The molecular formula is C20H20N4O2. The maximum Gasteiger partial charge on any atom is 0.227 e. The van der Waals surface area contributed by atoms with Crippen molar-refractivity contribution < 1.29 is 9.32 Å². The average Bonchev–Trinajstić information content (AvgIpc) is 3.17. The van der Waals surface area contributed by atoms with Crippen LogP contribution in [-0.4, -0.2) is 21.0 Å². The standard InChI is InChI=1S/C20H20N4O2/c25-18(22-17-9-3-6-14-5-1-2-8-16(14)17)10-11-19-23-20(24-26-19)15-7-4-12-21-13-15/h1-2,4-5,7-8,12-13,17H,3,6,9-11H2,(H,22,25)/t17-/m1/s1. The Morgan fingerprint density at radius 3 is 3.04 bits per heavy atom. The number of hydrogen-bond donors (Lipinski definition) is 1. The van der Waals surface area contributed by atoms with Crippen LogP contribution in [0.15, 0.2) is 53.3 Å². The van der Waals surface area contributed by atoms with E-state index in [0.717, 1.165) is 24.8 Å². The summed E-state index contributed by atoms with van der Waals surface area (Å²) in [6.07, 6.45) is 7.29. The number of aromatic nitrogens is 3. The summed E-state index contributed by atoms with van der Waals surface area (Å²) in [7, 11) is 0. The summed E-state index contributed by atoms with van der Waals surface area (Å²) in [5.74, 6) is 0.964. The first-order valence-electron chi connectivity index (χ1n) is 8.90. The van der Waals surface area contributed by atoms with Gasteiger partial charge in [0.05, 0.1) is 6.04 Å². The van der Waals surface area contributed by atoms with E-state index < -0.39 is 0 Å². The number of carbonyl (C=O) groups is 1. The molecule has 132 valence electrons. The second kappa shape index (κ2) is 7.47. The van der Waals surface area contributed by atoms with Gasteiger partial charge in [0, 0.05) is 30.8 Å². The van der Waals surface area contributed by atoms with E-state index in [1.165, 1.54) is 11.1 Å². The van der Waals surface area contributed by atoms with Crippen LogP contribution in [0.2, 0.25) is 0 Å². The molecule has 3 aromatic rings. The van der Waals surface area contributed by atoms with E-state index in [4.69, 9.17) is 4.52 Å². The van der Waals surface area contributed by atoms with Crippen molar-refractivity contribution in [2.45, 2.75) is 38.1 Å². The Morgan fingerprint density at radius 2 is 2.15 bits per heavy atom. The number of pyridine rings is 1. The van der Waals surface area contributed by atoms with Crippen molar-refractivity contribution in [3.63, 3.8) is 0 Å². The highest BCUT2D eigenvalue weighted by Crippen LogP contribution is 2.29. The highest BCUT2D eigenvalue weighted by atomic mass is 16.5. The summed E-state index contributed by atoms with van der Waals surface area (Å²) in [6.45, 7) is 0.